The molecule has 32 heavy (non-hydrogen) atoms. The molecule has 1 aromatic heterocycles. The molecule has 2 heterocycles. The number of benzene rings is 2. The van der Waals surface area contributed by atoms with E-state index in [1.807, 2.05) is 31.2 Å². The van der Waals surface area contributed by atoms with Crippen molar-refractivity contribution in [1.29, 1.82) is 0 Å². The van der Waals surface area contributed by atoms with E-state index in [0.29, 0.717) is 18.0 Å². The number of halogens is 1. The van der Waals surface area contributed by atoms with Crippen LogP contribution in [0.2, 0.25) is 0 Å². The van der Waals surface area contributed by atoms with Crippen LogP contribution in [0, 0.1) is 5.82 Å². The zero-order chi connectivity index (χ0) is 22.7. The van der Waals surface area contributed by atoms with Crippen LogP contribution in [-0.4, -0.2) is 57.1 Å². The predicted molar refractivity (Wildman–Crippen MR) is 117 cm³/mol. The van der Waals surface area contributed by atoms with Crippen molar-refractivity contribution in [3.05, 3.63) is 77.9 Å². The van der Waals surface area contributed by atoms with Gasteiger partial charge in [-0.2, -0.15) is 9.78 Å². The topological polar surface area (TPSA) is 67.7 Å². The Labute approximate surface area is 186 Å². The Morgan fingerprint density at radius 1 is 1.09 bits per heavy atom. The molecule has 3 aromatic rings. The van der Waals surface area contributed by atoms with Crippen LogP contribution in [0.3, 0.4) is 0 Å². The molecular formula is C24H25FN4O3. The van der Waals surface area contributed by atoms with Crippen molar-refractivity contribution in [2.45, 2.75) is 26.4 Å². The number of amides is 1. The second kappa shape index (κ2) is 9.32. The van der Waals surface area contributed by atoms with E-state index in [1.54, 1.807) is 23.1 Å². The number of hydrogen-bond donors (Lipinski definition) is 0. The highest BCUT2D eigenvalue weighted by Gasteiger charge is 2.29. The number of hydrogen-bond acceptors (Lipinski definition) is 5. The molecule has 0 N–H and O–H groups in total. The minimum atomic E-state index is -0.301. The normalized spacial score (nSPS) is 16.7. The second-order valence-electron chi connectivity index (χ2n) is 7.97. The molecule has 0 saturated carbocycles. The molecule has 0 radical (unpaired) electrons. The number of nitrogens with zero attached hydrogens (tertiary/aromatic N) is 4. The number of carbonyl (C=O) groups excluding carboxylic acids is 2. The lowest BCUT2D eigenvalue weighted by atomic mass is 10.1. The Kier molecular flexibility index (Phi) is 6.32. The van der Waals surface area contributed by atoms with Gasteiger partial charge in [-0.15, -0.1) is 0 Å². The van der Waals surface area contributed by atoms with Gasteiger partial charge in [-0.05, 0) is 55.0 Å². The van der Waals surface area contributed by atoms with E-state index in [-0.39, 0.29) is 29.4 Å². The molecule has 2 aromatic carbocycles. The Morgan fingerprint density at radius 2 is 1.88 bits per heavy atom. The molecule has 0 unspecified atom stereocenters. The summed E-state index contributed by atoms with van der Waals surface area (Å²) in [4.78, 5) is 28.3. The number of ether oxygens (including phenoxy) is 1. The van der Waals surface area contributed by atoms with Gasteiger partial charge < -0.3 is 9.64 Å². The minimum absolute atomic E-state index is 0.000115. The molecule has 1 aliphatic rings. The number of Topliss-reactive ketones (excluding diaryl/α,β-unsaturated/α-hetero) is 1. The highest BCUT2D eigenvalue weighted by atomic mass is 19.1. The lowest BCUT2D eigenvalue weighted by molar-refractivity contribution is 0.0964. The maximum Gasteiger partial charge on any atom is 0.344 e. The summed E-state index contributed by atoms with van der Waals surface area (Å²) in [5, 5.41) is 4.08. The van der Waals surface area contributed by atoms with E-state index in [0.717, 1.165) is 25.2 Å². The monoisotopic (exact) mass is 436 g/mol. The Bertz CT molecular complexity index is 1110. The first-order valence-corrected chi connectivity index (χ1v) is 10.5. The van der Waals surface area contributed by atoms with Crippen LogP contribution in [-0.2, 0) is 6.54 Å². The summed E-state index contributed by atoms with van der Waals surface area (Å²) in [6.07, 6.45) is 1.53. The third-order valence-electron chi connectivity index (χ3n) is 5.46. The fraction of sp³-hybridized carbons (Fsp3) is 0.292. The lowest BCUT2D eigenvalue weighted by Crippen LogP contribution is -2.54. The Balaban J connectivity index is 1.36. The molecule has 166 valence electrons. The third-order valence-corrected chi connectivity index (χ3v) is 5.46. The van der Waals surface area contributed by atoms with Gasteiger partial charge in [0.05, 0.1) is 0 Å². The van der Waals surface area contributed by atoms with E-state index < -0.39 is 0 Å². The third kappa shape index (κ3) is 5.03. The van der Waals surface area contributed by atoms with E-state index in [4.69, 9.17) is 4.74 Å². The number of rotatable bonds is 5. The van der Waals surface area contributed by atoms with E-state index in [2.05, 4.69) is 10.00 Å². The zero-order valence-corrected chi connectivity index (χ0v) is 18.1. The van der Waals surface area contributed by atoms with Crippen LogP contribution in [0.25, 0.3) is 0 Å². The van der Waals surface area contributed by atoms with Gasteiger partial charge >= 0.3 is 6.03 Å². The number of piperazine rings is 1. The Hall–Kier alpha value is -3.52. The number of aromatic nitrogens is 2. The predicted octanol–water partition coefficient (Wildman–Crippen LogP) is 4.19. The molecule has 0 bridgehead atoms. The summed E-state index contributed by atoms with van der Waals surface area (Å²) >= 11 is 0. The van der Waals surface area contributed by atoms with Crippen molar-refractivity contribution in [3.63, 3.8) is 0 Å². The van der Waals surface area contributed by atoms with Gasteiger partial charge in [0, 0.05) is 45.3 Å². The first kappa shape index (κ1) is 21.7. The van der Waals surface area contributed by atoms with Gasteiger partial charge in [0.2, 0.25) is 0 Å². The first-order valence-electron chi connectivity index (χ1n) is 10.5. The van der Waals surface area contributed by atoms with Crippen molar-refractivity contribution in [3.8, 4) is 11.5 Å². The molecule has 1 fully saturated rings. The highest BCUT2D eigenvalue weighted by Crippen LogP contribution is 2.23. The quantitative estimate of drug-likeness (QED) is 0.561. The van der Waals surface area contributed by atoms with Crippen LogP contribution in [0.1, 0.15) is 29.9 Å². The largest absolute Gasteiger partial charge is 0.457 e. The molecular weight excluding hydrogens is 411 g/mol. The van der Waals surface area contributed by atoms with Crippen molar-refractivity contribution in [2.75, 3.05) is 19.6 Å². The fourth-order valence-electron chi connectivity index (χ4n) is 3.81. The molecule has 0 aliphatic carbocycles. The van der Waals surface area contributed by atoms with E-state index in [9.17, 15) is 14.0 Å². The van der Waals surface area contributed by atoms with E-state index in [1.165, 1.54) is 29.9 Å². The van der Waals surface area contributed by atoms with Crippen molar-refractivity contribution >= 4 is 11.8 Å². The van der Waals surface area contributed by atoms with Gasteiger partial charge in [0.15, 0.2) is 5.78 Å². The smallest absolute Gasteiger partial charge is 0.344 e. The summed E-state index contributed by atoms with van der Waals surface area (Å²) in [7, 11) is 0. The van der Waals surface area contributed by atoms with E-state index >= 15 is 0 Å². The summed E-state index contributed by atoms with van der Waals surface area (Å²) in [6, 6.07) is 15.1. The number of carbonyl (C=O) groups is 2. The molecule has 0 spiro atoms. The first-order chi connectivity index (χ1) is 15.4. The van der Waals surface area contributed by atoms with Crippen LogP contribution in [0.4, 0.5) is 9.18 Å². The second-order valence-corrected chi connectivity index (χ2v) is 7.97. The summed E-state index contributed by atoms with van der Waals surface area (Å²) in [5.74, 6) is 0.802. The average molecular weight is 436 g/mol. The Morgan fingerprint density at radius 3 is 2.56 bits per heavy atom. The average Bonchev–Trinajstić information content (AvgIpc) is 3.26. The van der Waals surface area contributed by atoms with Gasteiger partial charge in [0.1, 0.15) is 23.0 Å². The molecule has 1 saturated heterocycles. The van der Waals surface area contributed by atoms with Crippen molar-refractivity contribution < 1.29 is 18.7 Å². The molecule has 7 nitrogen and oxygen atoms in total. The molecule has 1 atom stereocenters. The summed E-state index contributed by atoms with van der Waals surface area (Å²) < 4.78 is 20.1. The SMILES string of the molecule is CC(=O)c1ccn(C(=O)N2CCN(Cc3cccc(Oc4ccc(F)cc4)c3)C[C@H]2C)n1. The van der Waals surface area contributed by atoms with Gasteiger partial charge in [-0.25, -0.2) is 9.18 Å². The standard InChI is InChI=1S/C24H25FN4O3/c1-17-15-27(12-13-28(17)24(31)29-11-10-23(26-29)18(2)30)16-19-4-3-5-22(14-19)32-21-8-6-20(25)7-9-21/h3-11,14,17H,12-13,15-16H2,1-2H3/t17-/m1/s1. The molecule has 8 heteroatoms. The maximum absolute atomic E-state index is 13.1. The van der Waals surface area contributed by atoms with Gasteiger partial charge in [-0.1, -0.05) is 12.1 Å². The summed E-state index contributed by atoms with van der Waals surface area (Å²) in [6.45, 7) is 6.17. The van der Waals surface area contributed by atoms with Crippen molar-refractivity contribution in [1.82, 2.24) is 19.6 Å². The lowest BCUT2D eigenvalue weighted by Gasteiger charge is -2.39. The maximum atomic E-state index is 13.1. The van der Waals surface area contributed by atoms with Crippen LogP contribution < -0.4 is 4.74 Å². The van der Waals surface area contributed by atoms with Gasteiger partial charge in [0.25, 0.3) is 0 Å². The summed E-state index contributed by atoms with van der Waals surface area (Å²) in [5.41, 5.74) is 1.38. The fourth-order valence-corrected chi connectivity index (χ4v) is 3.81. The van der Waals surface area contributed by atoms with Gasteiger partial charge in [-0.3, -0.25) is 9.69 Å². The molecule has 4 rings (SSSR count). The van der Waals surface area contributed by atoms with Crippen LogP contribution in [0.5, 0.6) is 11.5 Å². The van der Waals surface area contributed by atoms with Crippen LogP contribution >= 0.6 is 0 Å². The highest BCUT2D eigenvalue weighted by molar-refractivity contribution is 5.92. The van der Waals surface area contributed by atoms with Crippen molar-refractivity contribution in [2.24, 2.45) is 0 Å². The van der Waals surface area contributed by atoms with Crippen LogP contribution in [0.15, 0.2) is 60.8 Å². The minimum Gasteiger partial charge on any atom is -0.457 e. The molecule has 1 aliphatic heterocycles. The number of ketones is 1. The molecule has 1 amide bonds. The zero-order valence-electron chi connectivity index (χ0n) is 18.1.